The molecule has 1 unspecified atom stereocenters. The molecule has 0 spiro atoms. The van der Waals surface area contributed by atoms with E-state index in [1.165, 1.54) is 0 Å². The Bertz CT molecular complexity index is 352. The van der Waals surface area contributed by atoms with Gasteiger partial charge in [0.15, 0.2) is 0 Å². The normalized spacial score (nSPS) is 13.1. The smallest absolute Gasteiger partial charge is 0.119 e. The van der Waals surface area contributed by atoms with E-state index in [0.717, 1.165) is 24.4 Å². The molecular weight excluding hydrogens is 226 g/mol. The zero-order chi connectivity index (χ0) is 13.5. The van der Waals surface area contributed by atoms with E-state index >= 15 is 0 Å². The lowest BCUT2D eigenvalue weighted by Gasteiger charge is -2.25. The molecule has 1 N–H and O–H groups in total. The van der Waals surface area contributed by atoms with Gasteiger partial charge in [0.25, 0.3) is 0 Å². The van der Waals surface area contributed by atoms with E-state index in [-0.39, 0.29) is 0 Å². The van der Waals surface area contributed by atoms with Crippen molar-refractivity contribution in [3.8, 4) is 5.75 Å². The summed E-state index contributed by atoms with van der Waals surface area (Å²) in [5, 5.41) is 10.3. The monoisotopic (exact) mass is 251 g/mol. The summed E-state index contributed by atoms with van der Waals surface area (Å²) in [5.41, 5.74) is 0.913. The van der Waals surface area contributed by atoms with Crippen LogP contribution in [0.1, 0.15) is 32.4 Å². The van der Waals surface area contributed by atoms with Crippen molar-refractivity contribution in [2.45, 2.75) is 26.9 Å². The van der Waals surface area contributed by atoms with Crippen molar-refractivity contribution in [1.82, 2.24) is 4.90 Å². The lowest BCUT2D eigenvalue weighted by atomic mass is 10.1. The van der Waals surface area contributed by atoms with Crippen LogP contribution in [-0.4, -0.2) is 36.8 Å². The number of rotatable bonds is 7. The molecule has 0 radical (unpaired) electrons. The minimum absolute atomic E-state index is 0.459. The van der Waals surface area contributed by atoms with Crippen LogP contribution in [0.2, 0.25) is 0 Å². The predicted octanol–water partition coefficient (Wildman–Crippen LogP) is 2.71. The number of nitrogens with zero attached hydrogens (tertiary/aromatic N) is 1. The van der Waals surface area contributed by atoms with Gasteiger partial charge in [0.2, 0.25) is 0 Å². The van der Waals surface area contributed by atoms with Gasteiger partial charge >= 0.3 is 0 Å². The number of benzene rings is 1. The van der Waals surface area contributed by atoms with Crippen LogP contribution < -0.4 is 4.74 Å². The van der Waals surface area contributed by atoms with E-state index in [1.54, 1.807) is 7.11 Å². The molecule has 0 bridgehead atoms. The van der Waals surface area contributed by atoms with Crippen LogP contribution in [0.25, 0.3) is 0 Å². The molecule has 0 saturated heterocycles. The fourth-order valence-corrected chi connectivity index (χ4v) is 2.05. The van der Waals surface area contributed by atoms with Gasteiger partial charge in [-0.25, -0.2) is 0 Å². The van der Waals surface area contributed by atoms with Crippen LogP contribution in [-0.2, 0) is 0 Å². The Kier molecular flexibility index (Phi) is 6.16. The van der Waals surface area contributed by atoms with Crippen LogP contribution in [0.3, 0.4) is 0 Å². The third-order valence-corrected chi connectivity index (χ3v) is 2.98. The molecule has 102 valence electrons. The summed E-state index contributed by atoms with van der Waals surface area (Å²) in [6, 6.07) is 7.64. The summed E-state index contributed by atoms with van der Waals surface area (Å²) in [6.45, 7) is 9.15. The van der Waals surface area contributed by atoms with Gasteiger partial charge in [0.1, 0.15) is 5.75 Å². The molecule has 1 atom stereocenters. The van der Waals surface area contributed by atoms with Gasteiger partial charge in [0, 0.05) is 13.1 Å². The second kappa shape index (κ2) is 7.39. The maximum absolute atomic E-state index is 10.3. The zero-order valence-electron chi connectivity index (χ0n) is 11.9. The standard InChI is InChI=1S/C15H25NO2/c1-5-16(10-12(2)3)11-15(17)13-7-6-8-14(9-13)18-4/h6-9,12,15,17H,5,10-11H2,1-4H3. The molecule has 1 aromatic rings. The van der Waals surface area contributed by atoms with Crippen molar-refractivity contribution >= 4 is 0 Å². The molecular formula is C15H25NO2. The highest BCUT2D eigenvalue weighted by molar-refractivity contribution is 5.29. The third-order valence-electron chi connectivity index (χ3n) is 2.98. The summed E-state index contributed by atoms with van der Waals surface area (Å²) in [6.07, 6.45) is -0.459. The van der Waals surface area contributed by atoms with Crippen molar-refractivity contribution in [1.29, 1.82) is 0 Å². The molecule has 1 rings (SSSR count). The van der Waals surface area contributed by atoms with Crippen molar-refractivity contribution in [3.63, 3.8) is 0 Å². The first-order chi connectivity index (χ1) is 8.56. The molecule has 18 heavy (non-hydrogen) atoms. The number of aliphatic hydroxyl groups is 1. The summed E-state index contributed by atoms with van der Waals surface area (Å²) < 4.78 is 5.18. The highest BCUT2D eigenvalue weighted by atomic mass is 16.5. The summed E-state index contributed by atoms with van der Waals surface area (Å²) in [4.78, 5) is 2.27. The maximum atomic E-state index is 10.3. The predicted molar refractivity (Wildman–Crippen MR) is 74.9 cm³/mol. The Morgan fingerprint density at radius 1 is 1.28 bits per heavy atom. The SMILES string of the molecule is CCN(CC(C)C)CC(O)c1cccc(OC)c1. The Hall–Kier alpha value is -1.06. The second-order valence-electron chi connectivity index (χ2n) is 5.04. The summed E-state index contributed by atoms with van der Waals surface area (Å²) in [7, 11) is 1.64. The van der Waals surface area contributed by atoms with E-state index in [9.17, 15) is 5.11 Å². The van der Waals surface area contributed by atoms with Gasteiger partial charge in [-0.3, -0.25) is 0 Å². The topological polar surface area (TPSA) is 32.7 Å². The minimum Gasteiger partial charge on any atom is -0.497 e. The second-order valence-corrected chi connectivity index (χ2v) is 5.04. The van der Waals surface area contributed by atoms with Crippen LogP contribution in [0.5, 0.6) is 5.75 Å². The summed E-state index contributed by atoms with van der Waals surface area (Å²) >= 11 is 0. The van der Waals surface area contributed by atoms with Gasteiger partial charge in [-0.1, -0.05) is 32.9 Å². The molecule has 3 nitrogen and oxygen atoms in total. The van der Waals surface area contributed by atoms with E-state index < -0.39 is 6.10 Å². The fourth-order valence-electron chi connectivity index (χ4n) is 2.05. The Morgan fingerprint density at radius 2 is 2.00 bits per heavy atom. The third kappa shape index (κ3) is 4.67. The van der Waals surface area contributed by atoms with Gasteiger partial charge < -0.3 is 14.7 Å². The molecule has 0 aliphatic carbocycles. The summed E-state index contributed by atoms with van der Waals surface area (Å²) in [5.74, 6) is 1.40. The van der Waals surface area contributed by atoms with E-state index in [4.69, 9.17) is 4.74 Å². The average Bonchev–Trinajstić information content (AvgIpc) is 2.37. The minimum atomic E-state index is -0.459. The first-order valence-electron chi connectivity index (χ1n) is 6.61. The first-order valence-corrected chi connectivity index (χ1v) is 6.61. The number of likely N-dealkylation sites (N-methyl/N-ethyl adjacent to an activating group) is 1. The van der Waals surface area contributed by atoms with Crippen LogP contribution in [0.4, 0.5) is 0 Å². The van der Waals surface area contributed by atoms with Gasteiger partial charge in [0.05, 0.1) is 13.2 Å². The molecule has 0 aromatic heterocycles. The Morgan fingerprint density at radius 3 is 2.56 bits per heavy atom. The van der Waals surface area contributed by atoms with Crippen LogP contribution >= 0.6 is 0 Å². The molecule has 3 heteroatoms. The quantitative estimate of drug-likeness (QED) is 0.808. The van der Waals surface area contributed by atoms with E-state index in [2.05, 4.69) is 25.7 Å². The first kappa shape index (κ1) is 15.0. The van der Waals surface area contributed by atoms with Crippen LogP contribution in [0, 0.1) is 5.92 Å². The molecule has 1 aromatic carbocycles. The zero-order valence-corrected chi connectivity index (χ0v) is 11.9. The molecule has 0 heterocycles. The lowest BCUT2D eigenvalue weighted by Crippen LogP contribution is -2.31. The van der Waals surface area contributed by atoms with Crippen LogP contribution in [0.15, 0.2) is 24.3 Å². The number of ether oxygens (including phenoxy) is 1. The highest BCUT2D eigenvalue weighted by Crippen LogP contribution is 2.20. The van der Waals surface area contributed by atoms with E-state index in [1.807, 2.05) is 24.3 Å². The van der Waals surface area contributed by atoms with Crippen molar-refractivity contribution < 1.29 is 9.84 Å². The van der Waals surface area contributed by atoms with Gasteiger partial charge in [-0.2, -0.15) is 0 Å². The number of hydrogen-bond donors (Lipinski definition) is 1. The maximum Gasteiger partial charge on any atom is 0.119 e. The number of methoxy groups -OCH3 is 1. The molecule has 0 saturated carbocycles. The van der Waals surface area contributed by atoms with Crippen molar-refractivity contribution in [3.05, 3.63) is 29.8 Å². The largest absolute Gasteiger partial charge is 0.497 e. The fraction of sp³-hybridized carbons (Fsp3) is 0.600. The number of hydrogen-bond acceptors (Lipinski definition) is 3. The lowest BCUT2D eigenvalue weighted by molar-refractivity contribution is 0.109. The Labute approximate surface area is 110 Å². The van der Waals surface area contributed by atoms with Crippen molar-refractivity contribution in [2.75, 3.05) is 26.7 Å². The van der Waals surface area contributed by atoms with Gasteiger partial charge in [-0.05, 0) is 30.2 Å². The Balaban J connectivity index is 2.64. The van der Waals surface area contributed by atoms with Crippen molar-refractivity contribution in [2.24, 2.45) is 5.92 Å². The molecule has 0 aliphatic rings. The number of aliphatic hydroxyl groups excluding tert-OH is 1. The molecule has 0 amide bonds. The highest BCUT2D eigenvalue weighted by Gasteiger charge is 2.13. The molecule has 0 aliphatic heterocycles. The van der Waals surface area contributed by atoms with Gasteiger partial charge in [-0.15, -0.1) is 0 Å². The van der Waals surface area contributed by atoms with E-state index in [0.29, 0.717) is 12.5 Å². The molecule has 0 fully saturated rings. The average molecular weight is 251 g/mol.